The summed E-state index contributed by atoms with van der Waals surface area (Å²) in [5.74, 6) is 0.0210. The second-order valence-electron chi connectivity index (χ2n) is 7.25. The summed E-state index contributed by atoms with van der Waals surface area (Å²) < 4.78 is 0. The molecule has 0 radical (unpaired) electrons. The van der Waals surface area contributed by atoms with E-state index in [1.807, 2.05) is 108 Å². The number of Topliss-reactive ketones (excluding diaryl/α,β-unsaturated/α-hetero) is 1. The Hall–Kier alpha value is -4.67. The summed E-state index contributed by atoms with van der Waals surface area (Å²) in [5, 5.41) is 17.9. The number of hydrogen-bond donors (Lipinski definition) is 0. The number of anilines is 1. The molecule has 0 saturated heterocycles. The van der Waals surface area contributed by atoms with E-state index in [1.54, 1.807) is 6.08 Å². The standard InChI is InChI=1S/C28H19N3O/c29-18-21(19-30)10-11-24-16-17-31(27-9-5-4-8-26(24)27)20-28(32)25-14-12-23(13-15-25)22-6-2-1-3-7-22/h1-17H,20H2. The van der Waals surface area contributed by atoms with Crippen LogP contribution >= 0.6 is 0 Å². The fourth-order valence-corrected chi connectivity index (χ4v) is 3.59. The van der Waals surface area contributed by atoms with Crippen molar-refractivity contribution in [3.63, 3.8) is 0 Å². The first kappa shape index (κ1) is 20.6. The van der Waals surface area contributed by atoms with Gasteiger partial charge in [-0.05, 0) is 34.9 Å². The lowest BCUT2D eigenvalue weighted by molar-refractivity contribution is 0.100. The van der Waals surface area contributed by atoms with Gasteiger partial charge in [0, 0.05) is 23.0 Å². The highest BCUT2D eigenvalue weighted by Gasteiger charge is 2.18. The van der Waals surface area contributed by atoms with Crippen LogP contribution in [0.5, 0.6) is 0 Å². The number of benzene rings is 3. The van der Waals surface area contributed by atoms with E-state index in [0.29, 0.717) is 5.56 Å². The number of fused-ring (bicyclic) bond motifs is 1. The topological polar surface area (TPSA) is 67.9 Å². The molecule has 0 atom stereocenters. The summed E-state index contributed by atoms with van der Waals surface area (Å²) in [6.07, 6.45) is 7.00. The second-order valence-corrected chi connectivity index (χ2v) is 7.25. The molecule has 0 amide bonds. The zero-order chi connectivity index (χ0) is 22.3. The van der Waals surface area contributed by atoms with Crippen molar-refractivity contribution in [1.82, 2.24) is 0 Å². The zero-order valence-corrected chi connectivity index (χ0v) is 17.3. The van der Waals surface area contributed by atoms with Gasteiger partial charge < -0.3 is 4.90 Å². The minimum Gasteiger partial charge on any atom is -0.340 e. The molecular weight excluding hydrogens is 394 g/mol. The van der Waals surface area contributed by atoms with E-state index in [9.17, 15) is 4.79 Å². The molecule has 32 heavy (non-hydrogen) atoms. The largest absolute Gasteiger partial charge is 0.340 e. The number of nitrogens with zero attached hydrogens (tertiary/aromatic N) is 3. The second kappa shape index (κ2) is 9.43. The summed E-state index contributed by atoms with van der Waals surface area (Å²) in [4.78, 5) is 14.9. The van der Waals surface area contributed by atoms with Crippen molar-refractivity contribution in [3.8, 4) is 23.3 Å². The Bertz CT molecular complexity index is 1300. The highest BCUT2D eigenvalue weighted by Crippen LogP contribution is 2.33. The summed E-state index contributed by atoms with van der Waals surface area (Å²) in [5.41, 5.74) is 5.60. The van der Waals surface area contributed by atoms with Crippen molar-refractivity contribution in [3.05, 3.63) is 120 Å². The molecule has 4 rings (SSSR count). The molecule has 4 nitrogen and oxygen atoms in total. The number of rotatable bonds is 5. The van der Waals surface area contributed by atoms with E-state index in [0.717, 1.165) is 28.0 Å². The van der Waals surface area contributed by atoms with Crippen LogP contribution in [0.3, 0.4) is 0 Å². The Morgan fingerprint density at radius 3 is 2.22 bits per heavy atom. The molecule has 0 spiro atoms. The monoisotopic (exact) mass is 413 g/mol. The number of hydrogen-bond acceptors (Lipinski definition) is 4. The van der Waals surface area contributed by atoms with Crippen molar-refractivity contribution in [2.45, 2.75) is 0 Å². The number of carbonyl (C=O) groups is 1. The predicted molar refractivity (Wildman–Crippen MR) is 126 cm³/mol. The summed E-state index contributed by atoms with van der Waals surface area (Å²) in [6, 6.07) is 29.2. The lowest BCUT2D eigenvalue weighted by Crippen LogP contribution is -2.27. The van der Waals surface area contributed by atoms with Crippen LogP contribution in [0, 0.1) is 22.7 Å². The average molecular weight is 413 g/mol. The average Bonchev–Trinajstić information content (AvgIpc) is 2.86. The molecular formula is C28H19N3O. The van der Waals surface area contributed by atoms with Crippen LogP contribution in [0.1, 0.15) is 15.9 Å². The van der Waals surface area contributed by atoms with E-state index in [4.69, 9.17) is 10.5 Å². The smallest absolute Gasteiger partial charge is 0.182 e. The van der Waals surface area contributed by atoms with E-state index in [-0.39, 0.29) is 17.9 Å². The molecule has 0 aliphatic carbocycles. The third kappa shape index (κ3) is 4.41. The van der Waals surface area contributed by atoms with Crippen LogP contribution < -0.4 is 4.90 Å². The number of nitriles is 2. The Morgan fingerprint density at radius 1 is 0.844 bits per heavy atom. The molecule has 0 aromatic heterocycles. The molecule has 152 valence electrons. The van der Waals surface area contributed by atoms with Crippen LogP contribution in [0.2, 0.25) is 0 Å². The highest BCUT2D eigenvalue weighted by molar-refractivity contribution is 6.01. The van der Waals surface area contributed by atoms with Gasteiger partial charge in [-0.3, -0.25) is 4.79 Å². The van der Waals surface area contributed by atoms with Gasteiger partial charge in [0.05, 0.1) is 6.54 Å². The number of ketones is 1. The first-order valence-corrected chi connectivity index (χ1v) is 10.1. The summed E-state index contributed by atoms with van der Waals surface area (Å²) in [7, 11) is 0. The molecule has 0 saturated carbocycles. The predicted octanol–water partition coefficient (Wildman–Crippen LogP) is 5.93. The van der Waals surface area contributed by atoms with Gasteiger partial charge in [0.2, 0.25) is 0 Å². The van der Waals surface area contributed by atoms with Crippen LogP contribution in [0.4, 0.5) is 5.69 Å². The van der Waals surface area contributed by atoms with Crippen molar-refractivity contribution in [2.24, 2.45) is 0 Å². The van der Waals surface area contributed by atoms with Gasteiger partial charge in [0.1, 0.15) is 17.7 Å². The van der Waals surface area contributed by atoms with Gasteiger partial charge in [-0.1, -0.05) is 78.9 Å². The molecule has 1 aliphatic heterocycles. The molecule has 0 N–H and O–H groups in total. The number of carbonyl (C=O) groups excluding carboxylic acids is 1. The summed E-state index contributed by atoms with van der Waals surface area (Å²) >= 11 is 0. The van der Waals surface area contributed by atoms with Crippen LogP contribution in [-0.2, 0) is 0 Å². The maximum atomic E-state index is 13.0. The fraction of sp³-hybridized carbons (Fsp3) is 0.0357. The van der Waals surface area contributed by atoms with Gasteiger partial charge in [-0.2, -0.15) is 10.5 Å². The SMILES string of the molecule is N#CC(C#N)=CC=C1C=CN(CC(=O)c2ccc(-c3ccccc3)cc2)c2ccccc21. The molecule has 3 aromatic rings. The van der Waals surface area contributed by atoms with Crippen molar-refractivity contribution in [1.29, 1.82) is 10.5 Å². The van der Waals surface area contributed by atoms with Crippen molar-refractivity contribution >= 4 is 17.0 Å². The van der Waals surface area contributed by atoms with Gasteiger partial charge in [0.25, 0.3) is 0 Å². The molecule has 0 unspecified atom stereocenters. The zero-order valence-electron chi connectivity index (χ0n) is 17.3. The lowest BCUT2D eigenvalue weighted by atomic mass is 9.98. The Morgan fingerprint density at radius 2 is 1.50 bits per heavy atom. The molecule has 0 fully saturated rings. The van der Waals surface area contributed by atoms with Gasteiger partial charge in [0.15, 0.2) is 5.78 Å². The maximum Gasteiger partial charge on any atom is 0.182 e. The lowest BCUT2D eigenvalue weighted by Gasteiger charge is -2.27. The van der Waals surface area contributed by atoms with E-state index < -0.39 is 0 Å². The van der Waals surface area contributed by atoms with E-state index in [1.165, 1.54) is 6.08 Å². The van der Waals surface area contributed by atoms with Crippen molar-refractivity contribution < 1.29 is 4.79 Å². The Kier molecular flexibility index (Phi) is 6.07. The maximum absolute atomic E-state index is 13.0. The Labute approximate surface area is 187 Å². The minimum atomic E-state index is 0.0210. The quantitative estimate of drug-likeness (QED) is 0.384. The molecule has 1 heterocycles. The van der Waals surface area contributed by atoms with E-state index in [2.05, 4.69) is 0 Å². The molecule has 0 bridgehead atoms. The first-order chi connectivity index (χ1) is 15.7. The first-order valence-electron chi connectivity index (χ1n) is 10.1. The minimum absolute atomic E-state index is 0.0210. The number of allylic oxidation sites excluding steroid dienone is 5. The molecule has 1 aliphatic rings. The van der Waals surface area contributed by atoms with Gasteiger partial charge in [-0.25, -0.2) is 0 Å². The van der Waals surface area contributed by atoms with E-state index >= 15 is 0 Å². The van der Waals surface area contributed by atoms with Crippen LogP contribution in [-0.4, -0.2) is 12.3 Å². The highest BCUT2D eigenvalue weighted by atomic mass is 16.1. The molecule has 4 heteroatoms. The van der Waals surface area contributed by atoms with Gasteiger partial charge >= 0.3 is 0 Å². The third-order valence-electron chi connectivity index (χ3n) is 5.26. The fourth-order valence-electron chi connectivity index (χ4n) is 3.59. The van der Waals surface area contributed by atoms with Crippen LogP contribution in [0.15, 0.2) is 109 Å². The Balaban J connectivity index is 1.55. The van der Waals surface area contributed by atoms with Crippen LogP contribution in [0.25, 0.3) is 16.7 Å². The van der Waals surface area contributed by atoms with Crippen molar-refractivity contribution in [2.75, 3.05) is 11.4 Å². The third-order valence-corrected chi connectivity index (χ3v) is 5.26. The normalized spacial score (nSPS) is 13.1. The summed E-state index contributed by atoms with van der Waals surface area (Å²) in [6.45, 7) is 0.211. The number of para-hydroxylation sites is 1. The molecule has 3 aromatic carbocycles. The van der Waals surface area contributed by atoms with Gasteiger partial charge in [-0.15, -0.1) is 0 Å².